The van der Waals surface area contributed by atoms with Gasteiger partial charge in [-0.3, -0.25) is 4.79 Å². The molecule has 0 spiro atoms. The molecule has 0 saturated heterocycles. The molecule has 0 saturated carbocycles. The van der Waals surface area contributed by atoms with Crippen molar-refractivity contribution in [1.82, 2.24) is 4.90 Å². The minimum atomic E-state index is -0.431. The van der Waals surface area contributed by atoms with Crippen molar-refractivity contribution in [2.24, 2.45) is 10.6 Å². The molecule has 0 radical (unpaired) electrons. The van der Waals surface area contributed by atoms with E-state index in [4.69, 9.17) is 5.21 Å². The number of nitrogens with zero attached hydrogens (tertiary/aromatic N) is 2. The average Bonchev–Trinajstić information content (AvgIpc) is 2.60. The average molecular weight is 336 g/mol. The molecule has 130 valence electrons. The molecule has 0 bridgehead atoms. The molecular formula is C21H24N2O2. The van der Waals surface area contributed by atoms with Gasteiger partial charge in [-0.25, -0.2) is 0 Å². The zero-order valence-corrected chi connectivity index (χ0v) is 14.7. The van der Waals surface area contributed by atoms with Crippen LogP contribution in [0.2, 0.25) is 0 Å². The number of hydrogen-bond acceptors (Lipinski definition) is 3. The Labute approximate surface area is 149 Å². The van der Waals surface area contributed by atoms with Gasteiger partial charge in [0, 0.05) is 24.6 Å². The number of hydrogen-bond donors (Lipinski definition) is 1. The molecule has 0 heterocycles. The summed E-state index contributed by atoms with van der Waals surface area (Å²) in [5.41, 5.74) is 1.60. The van der Waals surface area contributed by atoms with Crippen molar-refractivity contribution in [2.45, 2.75) is 20.4 Å². The van der Waals surface area contributed by atoms with Crippen LogP contribution in [-0.2, 0) is 11.3 Å². The molecule has 0 fully saturated rings. The maximum absolute atomic E-state index is 12.7. The Bertz CT molecular complexity index is 722. The molecule has 4 nitrogen and oxygen atoms in total. The minimum absolute atomic E-state index is 0.0767. The van der Waals surface area contributed by atoms with E-state index in [-0.39, 0.29) is 5.91 Å². The first-order chi connectivity index (χ1) is 12.0. The monoisotopic (exact) mass is 336 g/mol. The molecule has 1 N–H and O–H groups in total. The Morgan fingerprint density at radius 3 is 2.28 bits per heavy atom. The smallest absolute Gasteiger partial charge is 0.246 e. The van der Waals surface area contributed by atoms with Gasteiger partial charge >= 0.3 is 0 Å². The van der Waals surface area contributed by atoms with Gasteiger partial charge in [-0.2, -0.15) is 0 Å². The normalized spacial score (nSPS) is 11.9. The fourth-order valence-corrected chi connectivity index (χ4v) is 2.54. The quantitative estimate of drug-likeness (QED) is 0.356. The predicted molar refractivity (Wildman–Crippen MR) is 101 cm³/mol. The lowest BCUT2D eigenvalue weighted by Crippen LogP contribution is -2.38. The minimum Gasteiger partial charge on any atom is -0.411 e. The molecule has 2 aromatic carbocycles. The maximum Gasteiger partial charge on any atom is 0.246 e. The summed E-state index contributed by atoms with van der Waals surface area (Å²) in [7, 11) is 0. The number of amides is 1. The van der Waals surface area contributed by atoms with Gasteiger partial charge in [-0.05, 0) is 17.2 Å². The van der Waals surface area contributed by atoms with Crippen molar-refractivity contribution in [2.75, 3.05) is 6.54 Å². The first-order valence-corrected chi connectivity index (χ1v) is 8.25. The molecular weight excluding hydrogens is 312 g/mol. The van der Waals surface area contributed by atoms with E-state index in [2.05, 4.69) is 5.16 Å². The Hall–Kier alpha value is -2.88. The van der Waals surface area contributed by atoms with E-state index < -0.39 is 5.41 Å². The number of benzene rings is 2. The van der Waals surface area contributed by atoms with Crippen LogP contribution in [-0.4, -0.2) is 28.8 Å². The first kappa shape index (κ1) is 18.5. The van der Waals surface area contributed by atoms with Gasteiger partial charge in [0.15, 0.2) is 0 Å². The van der Waals surface area contributed by atoms with E-state index in [0.29, 0.717) is 13.1 Å². The Morgan fingerprint density at radius 1 is 1.08 bits per heavy atom. The summed E-state index contributed by atoms with van der Waals surface area (Å²) in [5, 5.41) is 12.0. The van der Waals surface area contributed by atoms with E-state index in [1.807, 2.05) is 80.6 Å². The fourth-order valence-electron chi connectivity index (χ4n) is 2.54. The summed E-state index contributed by atoms with van der Waals surface area (Å²) in [6.45, 7) is 4.81. The predicted octanol–water partition coefficient (Wildman–Crippen LogP) is 4.21. The van der Waals surface area contributed by atoms with Crippen LogP contribution in [0.15, 0.2) is 71.9 Å². The number of rotatable bonds is 7. The molecule has 0 aromatic heterocycles. The summed E-state index contributed by atoms with van der Waals surface area (Å²) < 4.78 is 0. The van der Waals surface area contributed by atoms with E-state index >= 15 is 0 Å². The number of oxime groups is 1. The van der Waals surface area contributed by atoms with Crippen molar-refractivity contribution in [3.05, 3.63) is 77.9 Å². The third-order valence-corrected chi connectivity index (χ3v) is 3.75. The zero-order valence-electron chi connectivity index (χ0n) is 14.7. The van der Waals surface area contributed by atoms with Gasteiger partial charge in [0.2, 0.25) is 5.91 Å². The third-order valence-electron chi connectivity index (χ3n) is 3.75. The summed E-state index contributed by atoms with van der Waals surface area (Å²) >= 11 is 0. The van der Waals surface area contributed by atoms with Crippen LogP contribution in [0, 0.1) is 5.41 Å². The highest BCUT2D eigenvalue weighted by Gasteiger charge is 2.23. The zero-order chi connectivity index (χ0) is 18.1. The molecule has 0 aliphatic heterocycles. The fraction of sp³-hybridized carbons (Fsp3) is 0.238. The highest BCUT2D eigenvalue weighted by Crippen LogP contribution is 2.17. The van der Waals surface area contributed by atoms with Crippen LogP contribution in [0.4, 0.5) is 0 Å². The lowest BCUT2D eigenvalue weighted by molar-refractivity contribution is -0.127. The number of carbonyl (C=O) groups is 1. The maximum atomic E-state index is 12.7. The lowest BCUT2D eigenvalue weighted by Gasteiger charge is -2.29. The summed E-state index contributed by atoms with van der Waals surface area (Å²) in [5.74, 6) is -0.0767. The van der Waals surface area contributed by atoms with Gasteiger partial charge in [-0.1, -0.05) is 74.5 Å². The lowest BCUT2D eigenvalue weighted by atomic mass is 9.94. The van der Waals surface area contributed by atoms with Crippen molar-refractivity contribution >= 4 is 18.2 Å². The summed E-state index contributed by atoms with van der Waals surface area (Å²) in [6.07, 6.45) is 4.86. The molecule has 25 heavy (non-hydrogen) atoms. The van der Waals surface area contributed by atoms with Crippen LogP contribution < -0.4 is 0 Å². The van der Waals surface area contributed by atoms with Crippen LogP contribution in [0.25, 0.3) is 6.08 Å². The third kappa shape index (κ3) is 6.26. The second-order valence-electron chi connectivity index (χ2n) is 6.66. The van der Waals surface area contributed by atoms with Gasteiger partial charge in [0.1, 0.15) is 0 Å². The first-order valence-electron chi connectivity index (χ1n) is 8.25. The summed E-state index contributed by atoms with van der Waals surface area (Å²) in [4.78, 5) is 14.5. The topological polar surface area (TPSA) is 52.9 Å². The van der Waals surface area contributed by atoms with Crippen LogP contribution >= 0.6 is 0 Å². The largest absolute Gasteiger partial charge is 0.411 e. The molecule has 1 amide bonds. The van der Waals surface area contributed by atoms with Crippen molar-refractivity contribution < 1.29 is 10.0 Å². The van der Waals surface area contributed by atoms with Crippen LogP contribution in [0.5, 0.6) is 0 Å². The van der Waals surface area contributed by atoms with Crippen molar-refractivity contribution in [3.63, 3.8) is 0 Å². The second kappa shape index (κ2) is 8.83. The molecule has 0 unspecified atom stereocenters. The van der Waals surface area contributed by atoms with Gasteiger partial charge in [0.05, 0.1) is 6.21 Å². The molecule has 4 heteroatoms. The Morgan fingerprint density at radius 2 is 1.68 bits per heavy atom. The van der Waals surface area contributed by atoms with E-state index in [1.54, 1.807) is 11.0 Å². The van der Waals surface area contributed by atoms with Gasteiger partial charge in [0.25, 0.3) is 0 Å². The Balaban J connectivity index is 2.17. The van der Waals surface area contributed by atoms with E-state index in [1.165, 1.54) is 6.21 Å². The second-order valence-corrected chi connectivity index (χ2v) is 6.66. The van der Waals surface area contributed by atoms with Crippen molar-refractivity contribution in [3.8, 4) is 0 Å². The van der Waals surface area contributed by atoms with E-state index in [9.17, 15) is 4.79 Å². The van der Waals surface area contributed by atoms with Crippen LogP contribution in [0.3, 0.4) is 0 Å². The Kier molecular flexibility index (Phi) is 6.52. The molecule has 0 atom stereocenters. The molecule has 2 aromatic rings. The van der Waals surface area contributed by atoms with Gasteiger partial charge < -0.3 is 10.1 Å². The SMILES string of the molecule is CC(C)(/C=N/O)CN(Cc1ccccc1)C(=O)/C=C/c1ccccc1. The highest BCUT2D eigenvalue weighted by molar-refractivity contribution is 5.92. The molecule has 0 aliphatic carbocycles. The van der Waals surface area contributed by atoms with E-state index in [0.717, 1.165) is 11.1 Å². The van der Waals surface area contributed by atoms with Gasteiger partial charge in [-0.15, -0.1) is 5.16 Å². The number of carbonyl (C=O) groups excluding carboxylic acids is 1. The summed E-state index contributed by atoms with van der Waals surface area (Å²) in [6, 6.07) is 19.6. The standard InChI is InChI=1S/C21H24N2O2/c1-21(2,16-22-25)17-23(15-19-11-7-4-8-12-19)20(24)14-13-18-9-5-3-6-10-18/h3-14,16,25H,15,17H2,1-2H3/b14-13+,22-16+. The molecule has 0 aliphatic rings. The van der Waals surface area contributed by atoms with Crippen molar-refractivity contribution in [1.29, 1.82) is 0 Å². The molecule has 2 rings (SSSR count). The van der Waals surface area contributed by atoms with Crippen LogP contribution in [0.1, 0.15) is 25.0 Å². The highest BCUT2D eigenvalue weighted by atomic mass is 16.4.